The van der Waals surface area contributed by atoms with Gasteiger partial charge in [-0.15, -0.1) is 0 Å². The van der Waals surface area contributed by atoms with Gasteiger partial charge in [0, 0.05) is 12.6 Å². The molecule has 2 N–H and O–H groups in total. The Balaban J connectivity index is 2.42. The molecule has 0 amide bonds. The van der Waals surface area contributed by atoms with E-state index < -0.39 is 0 Å². The molecule has 1 rings (SSSR count). The fourth-order valence-corrected chi connectivity index (χ4v) is 2.28. The lowest BCUT2D eigenvalue weighted by atomic mass is 9.89. The van der Waals surface area contributed by atoms with E-state index in [4.69, 9.17) is 4.74 Å². The molecule has 0 bridgehead atoms. The van der Waals surface area contributed by atoms with Gasteiger partial charge in [0.25, 0.3) is 0 Å². The minimum Gasteiger partial charge on any atom is -0.494 e. The van der Waals surface area contributed by atoms with E-state index >= 15 is 0 Å². The highest BCUT2D eigenvalue weighted by Gasteiger charge is 2.17. The Hall–Kier alpha value is -1.06. The minimum atomic E-state index is -0.306. The normalized spacial score (nSPS) is 14.8. The van der Waals surface area contributed by atoms with Gasteiger partial charge in [-0.1, -0.05) is 39.8 Å². The first-order valence-corrected chi connectivity index (χ1v) is 7.96. The van der Waals surface area contributed by atoms with E-state index in [1.165, 1.54) is 5.56 Å². The first-order chi connectivity index (χ1) is 9.81. The number of benzene rings is 1. The maximum Gasteiger partial charge on any atom is 0.119 e. The predicted molar refractivity (Wildman–Crippen MR) is 88.7 cm³/mol. The summed E-state index contributed by atoms with van der Waals surface area (Å²) >= 11 is 0. The Morgan fingerprint density at radius 2 is 1.81 bits per heavy atom. The summed E-state index contributed by atoms with van der Waals surface area (Å²) in [5.74, 6) is 0.917. The number of aliphatic hydroxyl groups is 1. The lowest BCUT2D eigenvalue weighted by Crippen LogP contribution is -2.31. The van der Waals surface area contributed by atoms with Crippen molar-refractivity contribution in [1.29, 1.82) is 0 Å². The maximum atomic E-state index is 10.0. The van der Waals surface area contributed by atoms with Gasteiger partial charge < -0.3 is 15.2 Å². The maximum absolute atomic E-state index is 10.0. The molecule has 0 spiro atoms. The number of rotatable bonds is 8. The van der Waals surface area contributed by atoms with Crippen molar-refractivity contribution < 1.29 is 9.84 Å². The van der Waals surface area contributed by atoms with Gasteiger partial charge in [0.15, 0.2) is 0 Å². The molecule has 21 heavy (non-hydrogen) atoms. The summed E-state index contributed by atoms with van der Waals surface area (Å²) in [6, 6.07) is 8.40. The molecule has 0 saturated heterocycles. The molecule has 120 valence electrons. The Labute approximate surface area is 129 Å². The molecule has 0 aliphatic carbocycles. The van der Waals surface area contributed by atoms with Crippen LogP contribution in [0.1, 0.15) is 59.1 Å². The topological polar surface area (TPSA) is 41.5 Å². The summed E-state index contributed by atoms with van der Waals surface area (Å²) in [7, 11) is 0. The smallest absolute Gasteiger partial charge is 0.119 e. The number of nitrogens with one attached hydrogen (secondary N) is 1. The molecular weight excluding hydrogens is 262 g/mol. The Morgan fingerprint density at radius 3 is 2.33 bits per heavy atom. The fourth-order valence-electron chi connectivity index (χ4n) is 2.28. The summed E-state index contributed by atoms with van der Waals surface area (Å²) in [5, 5.41) is 13.4. The Bertz CT molecular complexity index is 395. The summed E-state index contributed by atoms with van der Waals surface area (Å²) in [5.41, 5.74) is 1.37. The van der Waals surface area contributed by atoms with Crippen molar-refractivity contribution in [2.24, 2.45) is 5.41 Å². The standard InChI is InChI=1S/C18H31NO2/c1-6-11-21-17-9-7-15(8-10-17)14(2)19-13-16(20)12-18(3,4)5/h7-10,14,16,19-20H,6,11-13H2,1-5H3. The van der Waals surface area contributed by atoms with E-state index in [9.17, 15) is 5.11 Å². The molecule has 3 heteroatoms. The molecule has 3 nitrogen and oxygen atoms in total. The zero-order valence-electron chi connectivity index (χ0n) is 14.1. The van der Waals surface area contributed by atoms with Crippen LogP contribution in [0.15, 0.2) is 24.3 Å². The highest BCUT2D eigenvalue weighted by atomic mass is 16.5. The number of ether oxygens (including phenoxy) is 1. The van der Waals surface area contributed by atoms with E-state index in [1.54, 1.807) is 0 Å². The second-order valence-electron chi connectivity index (χ2n) is 6.97. The van der Waals surface area contributed by atoms with Crippen LogP contribution in [-0.4, -0.2) is 24.4 Å². The van der Waals surface area contributed by atoms with E-state index in [0.29, 0.717) is 6.54 Å². The largest absolute Gasteiger partial charge is 0.494 e. The molecule has 0 radical (unpaired) electrons. The summed E-state index contributed by atoms with van der Waals surface area (Å²) in [6.45, 7) is 12.0. The Morgan fingerprint density at radius 1 is 1.19 bits per heavy atom. The van der Waals surface area contributed by atoms with Crippen molar-refractivity contribution in [2.75, 3.05) is 13.2 Å². The molecule has 1 aromatic rings. The molecule has 0 aromatic heterocycles. The van der Waals surface area contributed by atoms with Crippen molar-refractivity contribution in [1.82, 2.24) is 5.32 Å². The van der Waals surface area contributed by atoms with Crippen LogP contribution in [0.5, 0.6) is 5.75 Å². The summed E-state index contributed by atoms with van der Waals surface area (Å²) in [6.07, 6.45) is 1.52. The quantitative estimate of drug-likeness (QED) is 0.763. The molecule has 2 atom stereocenters. The van der Waals surface area contributed by atoms with Gasteiger partial charge in [-0.2, -0.15) is 0 Å². The van der Waals surface area contributed by atoms with Crippen LogP contribution in [0, 0.1) is 5.41 Å². The molecule has 0 saturated carbocycles. The van der Waals surface area contributed by atoms with Crippen LogP contribution in [0.3, 0.4) is 0 Å². The second kappa shape index (κ2) is 8.40. The molecule has 0 aliphatic heterocycles. The van der Waals surface area contributed by atoms with E-state index in [0.717, 1.165) is 25.2 Å². The average Bonchev–Trinajstić information content (AvgIpc) is 2.41. The summed E-state index contributed by atoms with van der Waals surface area (Å²) < 4.78 is 5.58. The minimum absolute atomic E-state index is 0.155. The van der Waals surface area contributed by atoms with Crippen molar-refractivity contribution in [3.63, 3.8) is 0 Å². The van der Waals surface area contributed by atoms with Gasteiger partial charge in [-0.3, -0.25) is 0 Å². The lowest BCUT2D eigenvalue weighted by Gasteiger charge is -2.24. The predicted octanol–water partition coefficient (Wildman–Crippen LogP) is 3.92. The molecular formula is C18H31NO2. The van der Waals surface area contributed by atoms with Crippen molar-refractivity contribution in [3.8, 4) is 5.75 Å². The van der Waals surface area contributed by atoms with Crippen molar-refractivity contribution >= 4 is 0 Å². The number of hydrogen-bond donors (Lipinski definition) is 2. The summed E-state index contributed by atoms with van der Waals surface area (Å²) in [4.78, 5) is 0. The van der Waals surface area contributed by atoms with Crippen LogP contribution in [0.4, 0.5) is 0 Å². The van der Waals surface area contributed by atoms with Crippen molar-refractivity contribution in [3.05, 3.63) is 29.8 Å². The van der Waals surface area contributed by atoms with Gasteiger partial charge in [-0.25, -0.2) is 0 Å². The van der Waals surface area contributed by atoms with Gasteiger partial charge in [0.05, 0.1) is 12.7 Å². The van der Waals surface area contributed by atoms with Gasteiger partial charge in [-0.05, 0) is 42.9 Å². The number of aliphatic hydroxyl groups excluding tert-OH is 1. The third-order valence-electron chi connectivity index (χ3n) is 3.36. The SMILES string of the molecule is CCCOc1ccc(C(C)NCC(O)CC(C)(C)C)cc1. The Kier molecular flexibility index (Phi) is 7.20. The van der Waals surface area contributed by atoms with Gasteiger partial charge >= 0.3 is 0 Å². The molecule has 0 fully saturated rings. The van der Waals surface area contributed by atoms with E-state index in [2.05, 4.69) is 52.1 Å². The van der Waals surface area contributed by atoms with Crippen LogP contribution >= 0.6 is 0 Å². The fraction of sp³-hybridized carbons (Fsp3) is 0.667. The van der Waals surface area contributed by atoms with E-state index in [1.807, 2.05) is 12.1 Å². The van der Waals surface area contributed by atoms with Crippen LogP contribution in [0.25, 0.3) is 0 Å². The molecule has 2 unspecified atom stereocenters. The second-order valence-corrected chi connectivity index (χ2v) is 6.97. The van der Waals surface area contributed by atoms with E-state index in [-0.39, 0.29) is 17.6 Å². The number of hydrogen-bond acceptors (Lipinski definition) is 3. The molecule has 0 aliphatic rings. The third kappa shape index (κ3) is 7.49. The average molecular weight is 293 g/mol. The molecule has 1 aromatic carbocycles. The highest BCUT2D eigenvalue weighted by molar-refractivity contribution is 5.28. The lowest BCUT2D eigenvalue weighted by molar-refractivity contribution is 0.117. The molecule has 0 heterocycles. The van der Waals surface area contributed by atoms with Crippen LogP contribution in [0.2, 0.25) is 0 Å². The van der Waals surface area contributed by atoms with Gasteiger partial charge in [0.2, 0.25) is 0 Å². The third-order valence-corrected chi connectivity index (χ3v) is 3.36. The van der Waals surface area contributed by atoms with Gasteiger partial charge in [0.1, 0.15) is 5.75 Å². The highest BCUT2D eigenvalue weighted by Crippen LogP contribution is 2.21. The monoisotopic (exact) mass is 293 g/mol. The zero-order chi connectivity index (χ0) is 15.9. The van der Waals surface area contributed by atoms with Crippen LogP contribution < -0.4 is 10.1 Å². The zero-order valence-corrected chi connectivity index (χ0v) is 14.1. The first-order valence-electron chi connectivity index (χ1n) is 7.96. The van der Waals surface area contributed by atoms with Crippen LogP contribution in [-0.2, 0) is 0 Å². The van der Waals surface area contributed by atoms with Crippen molar-refractivity contribution in [2.45, 2.75) is 59.6 Å². The first kappa shape index (κ1) is 18.0.